The lowest BCUT2D eigenvalue weighted by Crippen LogP contribution is -2.30. The minimum Gasteiger partial charge on any atom is -0.488 e. The molecule has 0 aromatic heterocycles. The van der Waals surface area contributed by atoms with Gasteiger partial charge >= 0.3 is 6.03 Å². The standard InChI is InChI=1S/C24H16BrCl2FN2O3/c25-17-6-8-22(33-13-14-5-7-18(26)19(27)9-14)16(10-17)11-21-23(31)30(24(32)29-21)12-15-3-1-2-4-20(15)28/h1-11H,12-13H2,(H,29,32)/b21-11-. The average molecular weight is 550 g/mol. The van der Waals surface area contributed by atoms with Gasteiger partial charge in [0.25, 0.3) is 5.91 Å². The number of carbonyl (C=O) groups excluding carboxylic acids is 2. The quantitative estimate of drug-likeness (QED) is 0.279. The molecule has 0 bridgehead atoms. The summed E-state index contributed by atoms with van der Waals surface area (Å²) in [5.41, 5.74) is 1.69. The summed E-state index contributed by atoms with van der Waals surface area (Å²) >= 11 is 15.4. The minimum atomic E-state index is -0.622. The molecule has 0 saturated carbocycles. The number of hydrogen-bond donors (Lipinski definition) is 1. The van der Waals surface area contributed by atoms with Gasteiger partial charge in [-0.3, -0.25) is 9.69 Å². The van der Waals surface area contributed by atoms with Crippen molar-refractivity contribution in [3.05, 3.63) is 103 Å². The van der Waals surface area contributed by atoms with E-state index in [0.717, 1.165) is 14.9 Å². The number of benzene rings is 3. The number of halogens is 4. The molecule has 0 aliphatic carbocycles. The Morgan fingerprint density at radius 1 is 1.03 bits per heavy atom. The Morgan fingerprint density at radius 3 is 2.58 bits per heavy atom. The third-order valence-corrected chi connectivity index (χ3v) is 6.13. The molecule has 33 heavy (non-hydrogen) atoms. The zero-order valence-electron chi connectivity index (χ0n) is 16.9. The van der Waals surface area contributed by atoms with Crippen molar-refractivity contribution in [3.63, 3.8) is 0 Å². The molecule has 1 heterocycles. The molecule has 1 saturated heterocycles. The first-order valence-electron chi connectivity index (χ1n) is 9.76. The van der Waals surface area contributed by atoms with E-state index in [1.807, 2.05) is 0 Å². The summed E-state index contributed by atoms with van der Waals surface area (Å²) in [5, 5.41) is 3.42. The van der Waals surface area contributed by atoms with Crippen LogP contribution in [-0.4, -0.2) is 16.8 Å². The number of carbonyl (C=O) groups is 2. The second-order valence-electron chi connectivity index (χ2n) is 7.19. The summed E-state index contributed by atoms with van der Waals surface area (Å²) in [6, 6.07) is 15.9. The molecule has 1 aliphatic heterocycles. The van der Waals surface area contributed by atoms with Crippen molar-refractivity contribution in [1.29, 1.82) is 0 Å². The highest BCUT2D eigenvalue weighted by Gasteiger charge is 2.34. The molecular weight excluding hydrogens is 534 g/mol. The second kappa shape index (κ2) is 9.95. The van der Waals surface area contributed by atoms with Crippen molar-refractivity contribution in [1.82, 2.24) is 10.2 Å². The molecule has 1 N–H and O–H groups in total. The van der Waals surface area contributed by atoms with Crippen molar-refractivity contribution in [2.75, 3.05) is 0 Å². The summed E-state index contributed by atoms with van der Waals surface area (Å²) in [6.45, 7) is 0.0439. The third-order valence-electron chi connectivity index (χ3n) is 4.90. The van der Waals surface area contributed by atoms with Crippen molar-refractivity contribution in [3.8, 4) is 5.75 Å². The van der Waals surface area contributed by atoms with E-state index in [-0.39, 0.29) is 24.4 Å². The van der Waals surface area contributed by atoms with Crippen molar-refractivity contribution >= 4 is 57.1 Å². The van der Waals surface area contributed by atoms with Gasteiger partial charge in [-0.2, -0.15) is 0 Å². The van der Waals surface area contributed by atoms with Crippen LogP contribution in [0.1, 0.15) is 16.7 Å². The van der Waals surface area contributed by atoms with Gasteiger partial charge in [-0.25, -0.2) is 9.18 Å². The highest BCUT2D eigenvalue weighted by Crippen LogP contribution is 2.29. The van der Waals surface area contributed by atoms with Crippen molar-refractivity contribution in [2.45, 2.75) is 13.2 Å². The van der Waals surface area contributed by atoms with Gasteiger partial charge in [-0.15, -0.1) is 0 Å². The van der Waals surface area contributed by atoms with E-state index in [1.165, 1.54) is 18.2 Å². The normalized spacial score (nSPS) is 14.7. The number of hydrogen-bond acceptors (Lipinski definition) is 3. The van der Waals surface area contributed by atoms with Crippen LogP contribution in [0.5, 0.6) is 5.75 Å². The first-order chi connectivity index (χ1) is 15.8. The van der Waals surface area contributed by atoms with E-state index in [2.05, 4.69) is 21.2 Å². The number of nitrogens with one attached hydrogen (secondary N) is 1. The molecule has 1 aliphatic rings. The largest absolute Gasteiger partial charge is 0.488 e. The maximum atomic E-state index is 14.0. The molecule has 9 heteroatoms. The SMILES string of the molecule is O=C1N/C(=C\c2cc(Br)ccc2OCc2ccc(Cl)c(Cl)c2)C(=O)N1Cc1ccccc1F. The predicted molar refractivity (Wildman–Crippen MR) is 128 cm³/mol. The average Bonchev–Trinajstić information content (AvgIpc) is 3.04. The Morgan fingerprint density at radius 2 is 1.82 bits per heavy atom. The molecule has 0 unspecified atom stereocenters. The van der Waals surface area contributed by atoms with Gasteiger partial charge in [0.05, 0.1) is 16.6 Å². The van der Waals surface area contributed by atoms with Gasteiger partial charge in [-0.05, 0) is 48.0 Å². The Labute approximate surface area is 207 Å². The zero-order chi connectivity index (χ0) is 23.5. The van der Waals surface area contributed by atoms with Crippen LogP contribution in [-0.2, 0) is 17.9 Å². The van der Waals surface area contributed by atoms with Gasteiger partial charge < -0.3 is 10.1 Å². The molecule has 0 atom stereocenters. The first kappa shape index (κ1) is 23.3. The monoisotopic (exact) mass is 548 g/mol. The van der Waals surface area contributed by atoms with Gasteiger partial charge in [0.1, 0.15) is 23.9 Å². The van der Waals surface area contributed by atoms with Gasteiger partial charge in [0.2, 0.25) is 0 Å². The molecule has 3 aromatic carbocycles. The maximum Gasteiger partial charge on any atom is 0.329 e. The number of urea groups is 1. The number of amides is 3. The predicted octanol–water partition coefficient (Wildman–Crippen LogP) is 6.57. The van der Waals surface area contributed by atoms with E-state index < -0.39 is 17.8 Å². The van der Waals surface area contributed by atoms with E-state index in [9.17, 15) is 14.0 Å². The van der Waals surface area contributed by atoms with E-state index >= 15 is 0 Å². The van der Waals surface area contributed by atoms with Crippen LogP contribution in [0.2, 0.25) is 10.0 Å². The highest BCUT2D eigenvalue weighted by molar-refractivity contribution is 9.10. The molecule has 5 nitrogen and oxygen atoms in total. The van der Waals surface area contributed by atoms with Gasteiger partial charge in [0.15, 0.2) is 0 Å². The summed E-state index contributed by atoms with van der Waals surface area (Å²) in [4.78, 5) is 26.2. The van der Waals surface area contributed by atoms with Crippen molar-refractivity contribution < 1.29 is 18.7 Å². The highest BCUT2D eigenvalue weighted by atomic mass is 79.9. The second-order valence-corrected chi connectivity index (χ2v) is 8.92. The van der Waals surface area contributed by atoms with E-state index in [1.54, 1.807) is 48.5 Å². The summed E-state index contributed by atoms with van der Waals surface area (Å²) in [5.74, 6) is -0.550. The van der Waals surface area contributed by atoms with Crippen molar-refractivity contribution in [2.24, 2.45) is 0 Å². The lowest BCUT2D eigenvalue weighted by molar-refractivity contribution is -0.123. The Bertz CT molecular complexity index is 1280. The fourth-order valence-corrected chi connectivity index (χ4v) is 3.92. The molecule has 0 spiro atoms. The Balaban J connectivity index is 1.56. The molecule has 168 valence electrons. The smallest absolute Gasteiger partial charge is 0.329 e. The lowest BCUT2D eigenvalue weighted by Gasteiger charge is -2.12. The van der Waals surface area contributed by atoms with Crippen LogP contribution < -0.4 is 10.1 Å². The number of nitrogens with zero attached hydrogens (tertiary/aromatic N) is 1. The molecular formula is C24H16BrCl2FN2O3. The molecule has 3 aromatic rings. The number of imide groups is 1. The van der Waals surface area contributed by atoms with Gasteiger partial charge in [-0.1, -0.05) is 63.4 Å². The van der Waals surface area contributed by atoms with Crippen LogP contribution >= 0.6 is 39.1 Å². The molecule has 1 fully saturated rings. The first-order valence-corrected chi connectivity index (χ1v) is 11.3. The maximum absolute atomic E-state index is 14.0. The Hall–Kier alpha value is -2.87. The number of rotatable bonds is 6. The topological polar surface area (TPSA) is 58.6 Å². The van der Waals surface area contributed by atoms with Crippen LogP contribution in [0.25, 0.3) is 6.08 Å². The molecule has 4 rings (SSSR count). The summed E-state index contributed by atoms with van der Waals surface area (Å²) in [6.07, 6.45) is 1.52. The molecule has 3 amide bonds. The lowest BCUT2D eigenvalue weighted by atomic mass is 10.1. The van der Waals surface area contributed by atoms with E-state index in [0.29, 0.717) is 21.4 Å². The third kappa shape index (κ3) is 5.38. The fraction of sp³-hybridized carbons (Fsp3) is 0.0833. The van der Waals surface area contributed by atoms with Crippen LogP contribution in [0.4, 0.5) is 9.18 Å². The van der Waals surface area contributed by atoms with Crippen LogP contribution in [0.15, 0.2) is 70.8 Å². The summed E-state index contributed by atoms with van der Waals surface area (Å²) < 4.78 is 20.7. The minimum absolute atomic E-state index is 0.0637. The van der Waals surface area contributed by atoms with Gasteiger partial charge in [0, 0.05) is 15.6 Å². The fourth-order valence-electron chi connectivity index (χ4n) is 3.22. The zero-order valence-corrected chi connectivity index (χ0v) is 20.0. The summed E-state index contributed by atoms with van der Waals surface area (Å²) in [7, 11) is 0. The van der Waals surface area contributed by atoms with Crippen LogP contribution in [0, 0.1) is 5.82 Å². The Kier molecular flexibility index (Phi) is 7.02. The van der Waals surface area contributed by atoms with Crippen LogP contribution in [0.3, 0.4) is 0 Å². The van der Waals surface area contributed by atoms with E-state index in [4.69, 9.17) is 27.9 Å². The number of ether oxygens (including phenoxy) is 1. The molecule has 0 radical (unpaired) electrons.